The highest BCUT2D eigenvalue weighted by molar-refractivity contribution is 5.63. The normalized spacial score (nSPS) is 10.0. The molecule has 0 unspecified atom stereocenters. The molecule has 0 aliphatic heterocycles. The number of aromatic nitrogens is 1. The SMILES string of the molecule is C=Cc1ccc(-c2cc(OC)ccc2F)nc1. The summed E-state index contributed by atoms with van der Waals surface area (Å²) < 4.78 is 18.7. The van der Waals surface area contributed by atoms with Gasteiger partial charge in [0.1, 0.15) is 11.6 Å². The summed E-state index contributed by atoms with van der Waals surface area (Å²) in [5, 5.41) is 0. The fraction of sp³-hybridized carbons (Fsp3) is 0.0714. The van der Waals surface area contributed by atoms with Crippen molar-refractivity contribution in [3.63, 3.8) is 0 Å². The number of hydrogen-bond acceptors (Lipinski definition) is 2. The molecule has 2 aromatic rings. The van der Waals surface area contributed by atoms with E-state index in [9.17, 15) is 4.39 Å². The minimum atomic E-state index is -0.315. The van der Waals surface area contributed by atoms with Crippen LogP contribution in [0, 0.1) is 5.82 Å². The fourth-order valence-corrected chi connectivity index (χ4v) is 1.51. The number of methoxy groups -OCH3 is 1. The van der Waals surface area contributed by atoms with Gasteiger partial charge in [0, 0.05) is 11.8 Å². The van der Waals surface area contributed by atoms with Gasteiger partial charge in [-0.1, -0.05) is 18.7 Å². The van der Waals surface area contributed by atoms with E-state index in [-0.39, 0.29) is 5.82 Å². The van der Waals surface area contributed by atoms with E-state index in [2.05, 4.69) is 11.6 Å². The Kier molecular flexibility index (Phi) is 3.19. The molecule has 1 aromatic heterocycles. The maximum absolute atomic E-state index is 13.7. The number of benzene rings is 1. The molecule has 0 aliphatic carbocycles. The van der Waals surface area contributed by atoms with Crippen molar-refractivity contribution in [3.8, 4) is 17.0 Å². The number of ether oxygens (including phenoxy) is 1. The zero-order valence-electron chi connectivity index (χ0n) is 9.48. The van der Waals surface area contributed by atoms with Gasteiger partial charge in [-0.15, -0.1) is 0 Å². The topological polar surface area (TPSA) is 22.1 Å². The molecule has 2 rings (SSSR count). The highest BCUT2D eigenvalue weighted by Crippen LogP contribution is 2.25. The average Bonchev–Trinajstić information content (AvgIpc) is 2.39. The Bertz CT molecular complexity index is 534. The van der Waals surface area contributed by atoms with Gasteiger partial charge in [-0.25, -0.2) is 4.39 Å². The first-order valence-corrected chi connectivity index (χ1v) is 5.17. The van der Waals surface area contributed by atoms with Crippen LogP contribution in [0.1, 0.15) is 5.56 Å². The highest BCUT2D eigenvalue weighted by Gasteiger charge is 2.07. The molecule has 0 amide bonds. The Balaban J connectivity index is 2.47. The lowest BCUT2D eigenvalue weighted by molar-refractivity contribution is 0.414. The van der Waals surface area contributed by atoms with E-state index in [1.807, 2.05) is 6.07 Å². The van der Waals surface area contributed by atoms with Crippen LogP contribution in [-0.2, 0) is 0 Å². The number of pyridine rings is 1. The number of halogens is 1. The van der Waals surface area contributed by atoms with Gasteiger partial charge in [0.15, 0.2) is 0 Å². The largest absolute Gasteiger partial charge is 0.497 e. The lowest BCUT2D eigenvalue weighted by atomic mass is 10.1. The zero-order chi connectivity index (χ0) is 12.3. The molecule has 2 nitrogen and oxygen atoms in total. The standard InChI is InChI=1S/C14H12FNO/c1-3-10-4-7-14(16-9-10)12-8-11(17-2)5-6-13(12)15/h3-9H,1H2,2H3. The summed E-state index contributed by atoms with van der Waals surface area (Å²) in [5.41, 5.74) is 1.91. The van der Waals surface area contributed by atoms with Crippen molar-refractivity contribution in [1.82, 2.24) is 4.98 Å². The summed E-state index contributed by atoms with van der Waals surface area (Å²) in [4.78, 5) is 4.19. The molecule has 0 saturated carbocycles. The Morgan fingerprint density at radius 3 is 2.71 bits per heavy atom. The predicted molar refractivity (Wildman–Crippen MR) is 66.3 cm³/mol. The molecule has 0 N–H and O–H groups in total. The van der Waals surface area contributed by atoms with Gasteiger partial charge >= 0.3 is 0 Å². The summed E-state index contributed by atoms with van der Waals surface area (Å²) in [7, 11) is 1.55. The predicted octanol–water partition coefficient (Wildman–Crippen LogP) is 3.54. The summed E-state index contributed by atoms with van der Waals surface area (Å²) in [6.45, 7) is 3.64. The average molecular weight is 229 g/mol. The molecule has 1 heterocycles. The summed E-state index contributed by atoms with van der Waals surface area (Å²) in [6.07, 6.45) is 3.35. The Hall–Kier alpha value is -2.16. The van der Waals surface area contributed by atoms with Crippen LogP contribution in [0.2, 0.25) is 0 Å². The third-order valence-corrected chi connectivity index (χ3v) is 2.47. The van der Waals surface area contributed by atoms with E-state index >= 15 is 0 Å². The molecule has 0 spiro atoms. The molecule has 0 bridgehead atoms. The zero-order valence-corrected chi connectivity index (χ0v) is 9.48. The quantitative estimate of drug-likeness (QED) is 0.803. The molecule has 1 aromatic carbocycles. The molecule has 0 radical (unpaired) electrons. The molecule has 0 fully saturated rings. The first kappa shape index (κ1) is 11.3. The third-order valence-electron chi connectivity index (χ3n) is 2.47. The first-order chi connectivity index (χ1) is 8.24. The van der Waals surface area contributed by atoms with E-state index in [0.29, 0.717) is 17.0 Å². The van der Waals surface area contributed by atoms with Crippen LogP contribution in [0.5, 0.6) is 5.75 Å². The minimum Gasteiger partial charge on any atom is -0.497 e. The van der Waals surface area contributed by atoms with Crippen LogP contribution in [0.4, 0.5) is 4.39 Å². The Morgan fingerprint density at radius 2 is 2.12 bits per heavy atom. The smallest absolute Gasteiger partial charge is 0.132 e. The van der Waals surface area contributed by atoms with Crippen molar-refractivity contribution >= 4 is 6.08 Å². The fourth-order valence-electron chi connectivity index (χ4n) is 1.51. The van der Waals surface area contributed by atoms with Crippen molar-refractivity contribution in [2.75, 3.05) is 7.11 Å². The Labute approximate surface area is 99.4 Å². The monoisotopic (exact) mass is 229 g/mol. The summed E-state index contributed by atoms with van der Waals surface area (Å²) in [6, 6.07) is 8.18. The van der Waals surface area contributed by atoms with Crippen molar-refractivity contribution in [2.45, 2.75) is 0 Å². The van der Waals surface area contributed by atoms with Crippen LogP contribution < -0.4 is 4.74 Å². The van der Waals surface area contributed by atoms with Gasteiger partial charge in [0.2, 0.25) is 0 Å². The lowest BCUT2D eigenvalue weighted by Gasteiger charge is -2.05. The molecule has 17 heavy (non-hydrogen) atoms. The number of rotatable bonds is 3. The van der Waals surface area contributed by atoms with Crippen LogP contribution in [-0.4, -0.2) is 12.1 Å². The second-order valence-electron chi connectivity index (χ2n) is 3.53. The van der Waals surface area contributed by atoms with Gasteiger partial charge in [0.05, 0.1) is 12.8 Å². The first-order valence-electron chi connectivity index (χ1n) is 5.17. The van der Waals surface area contributed by atoms with Gasteiger partial charge in [-0.2, -0.15) is 0 Å². The molecule has 0 saturated heterocycles. The van der Waals surface area contributed by atoms with E-state index in [4.69, 9.17) is 4.74 Å². The second-order valence-corrected chi connectivity index (χ2v) is 3.53. The van der Waals surface area contributed by atoms with E-state index in [0.717, 1.165) is 5.56 Å². The van der Waals surface area contributed by atoms with Crippen molar-refractivity contribution in [3.05, 3.63) is 54.5 Å². The lowest BCUT2D eigenvalue weighted by Crippen LogP contribution is -1.90. The molecule has 0 aliphatic rings. The van der Waals surface area contributed by atoms with E-state index < -0.39 is 0 Å². The number of nitrogens with zero attached hydrogens (tertiary/aromatic N) is 1. The van der Waals surface area contributed by atoms with Crippen LogP contribution >= 0.6 is 0 Å². The van der Waals surface area contributed by atoms with E-state index in [1.54, 1.807) is 37.6 Å². The molecule has 3 heteroatoms. The highest BCUT2D eigenvalue weighted by atomic mass is 19.1. The number of hydrogen-bond donors (Lipinski definition) is 0. The molecule has 86 valence electrons. The third kappa shape index (κ3) is 2.33. The molecule has 0 atom stereocenters. The summed E-state index contributed by atoms with van der Waals surface area (Å²) in [5.74, 6) is 0.292. The van der Waals surface area contributed by atoms with Gasteiger partial charge in [0.25, 0.3) is 0 Å². The van der Waals surface area contributed by atoms with Crippen LogP contribution in [0.3, 0.4) is 0 Å². The van der Waals surface area contributed by atoms with E-state index in [1.165, 1.54) is 6.07 Å². The van der Waals surface area contributed by atoms with Crippen molar-refractivity contribution in [1.29, 1.82) is 0 Å². The molecular weight excluding hydrogens is 217 g/mol. The van der Waals surface area contributed by atoms with Gasteiger partial charge < -0.3 is 4.74 Å². The Morgan fingerprint density at radius 1 is 1.29 bits per heavy atom. The van der Waals surface area contributed by atoms with Crippen molar-refractivity contribution < 1.29 is 9.13 Å². The second kappa shape index (κ2) is 4.78. The van der Waals surface area contributed by atoms with Gasteiger partial charge in [-0.3, -0.25) is 4.98 Å². The van der Waals surface area contributed by atoms with Crippen LogP contribution in [0.15, 0.2) is 43.1 Å². The maximum Gasteiger partial charge on any atom is 0.132 e. The van der Waals surface area contributed by atoms with Crippen LogP contribution in [0.25, 0.3) is 17.3 Å². The minimum absolute atomic E-state index is 0.315. The van der Waals surface area contributed by atoms with Gasteiger partial charge in [-0.05, 0) is 29.8 Å². The maximum atomic E-state index is 13.7. The summed E-state index contributed by atoms with van der Waals surface area (Å²) >= 11 is 0. The molecular formula is C14H12FNO. The van der Waals surface area contributed by atoms with Crippen molar-refractivity contribution in [2.24, 2.45) is 0 Å².